The highest BCUT2D eigenvalue weighted by atomic mass is 32.1. The standard InChI is InChI=1S/C16H26N4S/c21-14-16(5-2-1-3-6-16)13-19-9-11-20(12-10-19)15-17-7-4-8-18-15/h4,7-8,21H,1-3,5-6,9-14H2. The van der Waals surface area contributed by atoms with Crippen molar-refractivity contribution in [1.29, 1.82) is 0 Å². The second kappa shape index (κ2) is 6.97. The van der Waals surface area contributed by atoms with Crippen molar-refractivity contribution >= 4 is 18.6 Å². The zero-order valence-electron chi connectivity index (χ0n) is 12.7. The molecule has 0 aromatic carbocycles. The third kappa shape index (κ3) is 3.69. The van der Waals surface area contributed by atoms with Crippen LogP contribution in [-0.2, 0) is 0 Å². The maximum atomic E-state index is 4.67. The molecule has 2 fully saturated rings. The summed E-state index contributed by atoms with van der Waals surface area (Å²) in [6.07, 6.45) is 10.6. The largest absolute Gasteiger partial charge is 0.338 e. The first-order chi connectivity index (χ1) is 10.3. The van der Waals surface area contributed by atoms with E-state index in [4.69, 9.17) is 0 Å². The van der Waals surface area contributed by atoms with Gasteiger partial charge in [0.2, 0.25) is 5.95 Å². The van der Waals surface area contributed by atoms with Gasteiger partial charge in [0.05, 0.1) is 0 Å². The maximum absolute atomic E-state index is 4.67. The second-order valence-corrected chi connectivity index (χ2v) is 6.85. The van der Waals surface area contributed by atoms with Gasteiger partial charge in [-0.3, -0.25) is 4.90 Å². The summed E-state index contributed by atoms with van der Waals surface area (Å²) in [5, 5.41) is 0. The van der Waals surface area contributed by atoms with Crippen LogP contribution in [0.1, 0.15) is 32.1 Å². The van der Waals surface area contributed by atoms with Gasteiger partial charge in [0.15, 0.2) is 0 Å². The number of hydrogen-bond acceptors (Lipinski definition) is 5. The number of hydrogen-bond donors (Lipinski definition) is 1. The SMILES string of the molecule is SCC1(CN2CCN(c3ncccn3)CC2)CCCCC1. The summed E-state index contributed by atoms with van der Waals surface area (Å²) in [4.78, 5) is 13.6. The van der Waals surface area contributed by atoms with Crippen molar-refractivity contribution in [2.45, 2.75) is 32.1 Å². The molecule has 1 saturated heterocycles. The molecule has 3 rings (SSSR count). The van der Waals surface area contributed by atoms with Crippen LogP contribution in [0.5, 0.6) is 0 Å². The van der Waals surface area contributed by atoms with Gasteiger partial charge < -0.3 is 4.90 Å². The van der Waals surface area contributed by atoms with E-state index in [-0.39, 0.29) is 0 Å². The van der Waals surface area contributed by atoms with Crippen molar-refractivity contribution in [3.63, 3.8) is 0 Å². The van der Waals surface area contributed by atoms with E-state index in [9.17, 15) is 0 Å². The molecule has 0 N–H and O–H groups in total. The van der Waals surface area contributed by atoms with E-state index in [2.05, 4.69) is 32.4 Å². The summed E-state index contributed by atoms with van der Waals surface area (Å²) in [6, 6.07) is 1.87. The van der Waals surface area contributed by atoms with Gasteiger partial charge in [0.1, 0.15) is 0 Å². The summed E-state index contributed by atoms with van der Waals surface area (Å²) in [7, 11) is 0. The number of rotatable bonds is 4. The molecular formula is C16H26N4S. The maximum Gasteiger partial charge on any atom is 0.225 e. The Balaban J connectivity index is 1.53. The number of nitrogens with zero attached hydrogens (tertiary/aromatic N) is 4. The summed E-state index contributed by atoms with van der Waals surface area (Å²) in [5.74, 6) is 1.91. The number of aromatic nitrogens is 2. The molecule has 4 nitrogen and oxygen atoms in total. The Kier molecular flexibility index (Phi) is 5.01. The topological polar surface area (TPSA) is 32.3 Å². The van der Waals surface area contributed by atoms with E-state index in [0.29, 0.717) is 5.41 Å². The molecule has 0 spiro atoms. The van der Waals surface area contributed by atoms with Gasteiger partial charge in [-0.25, -0.2) is 9.97 Å². The average Bonchev–Trinajstić information content (AvgIpc) is 2.57. The molecule has 1 saturated carbocycles. The summed E-state index contributed by atoms with van der Waals surface area (Å²) in [6.45, 7) is 5.53. The highest BCUT2D eigenvalue weighted by Crippen LogP contribution is 2.38. The van der Waals surface area contributed by atoms with Crippen LogP contribution in [0.2, 0.25) is 0 Å². The molecule has 2 heterocycles. The molecule has 0 bridgehead atoms. The van der Waals surface area contributed by atoms with E-state index in [1.165, 1.54) is 38.6 Å². The van der Waals surface area contributed by atoms with Crippen LogP contribution >= 0.6 is 12.6 Å². The van der Waals surface area contributed by atoms with E-state index in [0.717, 1.165) is 37.9 Å². The zero-order valence-corrected chi connectivity index (χ0v) is 13.6. The predicted octanol–water partition coefficient (Wildman–Crippen LogP) is 2.48. The monoisotopic (exact) mass is 306 g/mol. The molecule has 0 atom stereocenters. The molecule has 2 aliphatic rings. The fourth-order valence-electron chi connectivity index (χ4n) is 3.70. The normalized spacial score (nSPS) is 23.2. The van der Waals surface area contributed by atoms with E-state index >= 15 is 0 Å². The second-order valence-electron chi connectivity index (χ2n) is 6.53. The van der Waals surface area contributed by atoms with E-state index in [1.807, 2.05) is 18.5 Å². The first-order valence-electron chi connectivity index (χ1n) is 8.17. The first-order valence-corrected chi connectivity index (χ1v) is 8.80. The molecule has 116 valence electrons. The Labute approximate surface area is 133 Å². The minimum Gasteiger partial charge on any atom is -0.338 e. The molecule has 1 aromatic rings. The van der Waals surface area contributed by atoms with Crippen LogP contribution in [0.15, 0.2) is 18.5 Å². The highest BCUT2D eigenvalue weighted by Gasteiger charge is 2.33. The molecule has 1 aliphatic carbocycles. The van der Waals surface area contributed by atoms with Gasteiger partial charge in [0, 0.05) is 45.1 Å². The number of piperazine rings is 1. The predicted molar refractivity (Wildman–Crippen MR) is 90.1 cm³/mol. The van der Waals surface area contributed by atoms with Crippen molar-refractivity contribution in [1.82, 2.24) is 14.9 Å². The quantitative estimate of drug-likeness (QED) is 0.866. The molecule has 1 aliphatic heterocycles. The Bertz CT molecular complexity index is 425. The minimum atomic E-state index is 0.465. The highest BCUT2D eigenvalue weighted by molar-refractivity contribution is 7.80. The van der Waals surface area contributed by atoms with Crippen molar-refractivity contribution in [2.24, 2.45) is 5.41 Å². The third-order valence-corrected chi connectivity index (χ3v) is 5.69. The van der Waals surface area contributed by atoms with Crippen molar-refractivity contribution in [3.8, 4) is 0 Å². The van der Waals surface area contributed by atoms with Crippen molar-refractivity contribution in [3.05, 3.63) is 18.5 Å². The first kappa shape index (κ1) is 15.1. The minimum absolute atomic E-state index is 0.465. The van der Waals surface area contributed by atoms with Crippen LogP contribution in [0.25, 0.3) is 0 Å². The Morgan fingerprint density at radius 3 is 2.29 bits per heavy atom. The Morgan fingerprint density at radius 1 is 1.00 bits per heavy atom. The molecule has 0 unspecified atom stereocenters. The van der Waals surface area contributed by atoms with Crippen LogP contribution in [0.3, 0.4) is 0 Å². The summed E-state index contributed by atoms with van der Waals surface area (Å²) in [5.41, 5.74) is 0.465. The van der Waals surface area contributed by atoms with Crippen molar-refractivity contribution in [2.75, 3.05) is 43.4 Å². The number of thiol groups is 1. The molecular weight excluding hydrogens is 280 g/mol. The molecule has 0 radical (unpaired) electrons. The van der Waals surface area contributed by atoms with Gasteiger partial charge in [-0.05, 0) is 30.1 Å². The molecule has 21 heavy (non-hydrogen) atoms. The van der Waals surface area contributed by atoms with Gasteiger partial charge >= 0.3 is 0 Å². The van der Waals surface area contributed by atoms with E-state index in [1.54, 1.807) is 0 Å². The van der Waals surface area contributed by atoms with Crippen molar-refractivity contribution < 1.29 is 0 Å². The van der Waals surface area contributed by atoms with Gasteiger partial charge in [-0.2, -0.15) is 12.6 Å². The molecule has 1 aromatic heterocycles. The Morgan fingerprint density at radius 2 is 1.67 bits per heavy atom. The van der Waals surface area contributed by atoms with Crippen LogP contribution in [-0.4, -0.2) is 53.3 Å². The molecule has 5 heteroatoms. The average molecular weight is 306 g/mol. The fraction of sp³-hybridized carbons (Fsp3) is 0.750. The van der Waals surface area contributed by atoms with Crippen LogP contribution in [0, 0.1) is 5.41 Å². The van der Waals surface area contributed by atoms with Gasteiger partial charge in [-0.1, -0.05) is 19.3 Å². The lowest BCUT2D eigenvalue weighted by molar-refractivity contribution is 0.121. The molecule has 0 amide bonds. The fourth-order valence-corrected chi connectivity index (χ4v) is 4.12. The van der Waals surface area contributed by atoms with Crippen LogP contribution in [0.4, 0.5) is 5.95 Å². The van der Waals surface area contributed by atoms with E-state index < -0.39 is 0 Å². The number of anilines is 1. The van der Waals surface area contributed by atoms with Gasteiger partial charge in [0.25, 0.3) is 0 Å². The summed E-state index contributed by atoms with van der Waals surface area (Å²) >= 11 is 4.67. The van der Waals surface area contributed by atoms with Gasteiger partial charge in [-0.15, -0.1) is 0 Å². The van der Waals surface area contributed by atoms with Crippen LogP contribution < -0.4 is 4.90 Å². The lowest BCUT2D eigenvalue weighted by Gasteiger charge is -2.43. The lowest BCUT2D eigenvalue weighted by atomic mass is 9.75. The zero-order chi connectivity index (χ0) is 14.5. The lowest BCUT2D eigenvalue weighted by Crippen LogP contribution is -2.51. The Hall–Kier alpha value is -0.810. The third-order valence-electron chi connectivity index (χ3n) is 5.02. The summed E-state index contributed by atoms with van der Waals surface area (Å²) < 4.78 is 0. The smallest absolute Gasteiger partial charge is 0.225 e.